The summed E-state index contributed by atoms with van der Waals surface area (Å²) in [5.41, 5.74) is 3.54. The fourth-order valence-corrected chi connectivity index (χ4v) is 4.86. The molecule has 142 valence electrons. The Balaban J connectivity index is 1.62. The maximum atomic E-state index is 12.8. The Morgan fingerprint density at radius 1 is 1.19 bits per heavy atom. The number of hydrogen-bond acceptors (Lipinski definition) is 5. The lowest BCUT2D eigenvalue weighted by Crippen LogP contribution is -2.49. The minimum absolute atomic E-state index is 0.211. The van der Waals surface area contributed by atoms with Crippen LogP contribution in [-0.2, 0) is 20.5 Å². The zero-order valence-electron chi connectivity index (χ0n) is 14.7. The van der Waals surface area contributed by atoms with Gasteiger partial charge >= 0.3 is 0 Å². The van der Waals surface area contributed by atoms with E-state index in [2.05, 4.69) is 9.21 Å². The van der Waals surface area contributed by atoms with Crippen LogP contribution in [0.2, 0.25) is 0 Å². The van der Waals surface area contributed by atoms with Gasteiger partial charge in [0.1, 0.15) is 0 Å². The van der Waals surface area contributed by atoms with Crippen molar-refractivity contribution in [3.05, 3.63) is 35.9 Å². The standard InChI is InChI=1S/C18H25N3O4S/c22-18(19-23)6-5-15-3-1-2-4-17(15)20-9-11-21(12-10-20)26(24)16-7-13-25-14-8-16/h1-6,16,23H,7-14H2,(H,19,22)/b6-5+. The first kappa shape index (κ1) is 19.0. The van der Waals surface area contributed by atoms with E-state index in [0.29, 0.717) is 13.2 Å². The van der Waals surface area contributed by atoms with Crippen molar-refractivity contribution in [1.29, 1.82) is 0 Å². The number of carbonyl (C=O) groups excluding carboxylic acids is 1. The van der Waals surface area contributed by atoms with Gasteiger partial charge in [-0.3, -0.25) is 10.0 Å². The van der Waals surface area contributed by atoms with Gasteiger partial charge in [-0.25, -0.2) is 14.0 Å². The van der Waals surface area contributed by atoms with Crippen molar-refractivity contribution in [2.75, 3.05) is 44.3 Å². The smallest absolute Gasteiger partial charge is 0.267 e. The molecule has 8 heteroatoms. The summed E-state index contributed by atoms with van der Waals surface area (Å²) in [6.07, 6.45) is 4.73. The van der Waals surface area contributed by atoms with E-state index < -0.39 is 16.9 Å². The summed E-state index contributed by atoms with van der Waals surface area (Å²) >= 11 is 0. The molecule has 2 aliphatic heterocycles. The third-order valence-electron chi connectivity index (χ3n) is 4.75. The summed E-state index contributed by atoms with van der Waals surface area (Å²) in [6.45, 7) is 4.48. The minimum Gasteiger partial charge on any atom is -0.381 e. The number of carbonyl (C=O) groups is 1. The number of nitrogens with one attached hydrogen (secondary N) is 1. The first-order valence-electron chi connectivity index (χ1n) is 8.88. The van der Waals surface area contributed by atoms with E-state index >= 15 is 0 Å². The van der Waals surface area contributed by atoms with Gasteiger partial charge in [-0.2, -0.15) is 0 Å². The number of amides is 1. The van der Waals surface area contributed by atoms with Crippen LogP contribution >= 0.6 is 0 Å². The number of ether oxygens (including phenoxy) is 1. The second-order valence-corrected chi connectivity index (χ2v) is 8.11. The number of hydroxylamine groups is 1. The first-order chi connectivity index (χ1) is 12.7. The summed E-state index contributed by atoms with van der Waals surface area (Å²) in [5, 5.41) is 8.83. The lowest BCUT2D eigenvalue weighted by Gasteiger charge is -2.37. The molecule has 1 atom stereocenters. The van der Waals surface area contributed by atoms with Crippen molar-refractivity contribution in [2.45, 2.75) is 18.1 Å². The van der Waals surface area contributed by atoms with E-state index in [1.807, 2.05) is 24.3 Å². The van der Waals surface area contributed by atoms with Crippen molar-refractivity contribution < 1.29 is 18.9 Å². The first-order valence-corrected chi connectivity index (χ1v) is 10.1. The highest BCUT2D eigenvalue weighted by atomic mass is 32.2. The van der Waals surface area contributed by atoms with Crippen molar-refractivity contribution in [3.8, 4) is 0 Å². The Bertz CT molecular complexity index is 668. The van der Waals surface area contributed by atoms with Gasteiger partial charge in [0.2, 0.25) is 0 Å². The maximum absolute atomic E-state index is 12.8. The number of nitrogens with zero attached hydrogens (tertiary/aromatic N) is 2. The molecule has 2 heterocycles. The molecule has 1 aromatic carbocycles. The van der Waals surface area contributed by atoms with E-state index in [0.717, 1.165) is 50.3 Å². The number of para-hydroxylation sites is 1. The quantitative estimate of drug-likeness (QED) is 0.456. The van der Waals surface area contributed by atoms with Crippen LogP contribution in [0.15, 0.2) is 30.3 Å². The monoisotopic (exact) mass is 379 g/mol. The molecule has 0 bridgehead atoms. The van der Waals surface area contributed by atoms with Gasteiger partial charge in [-0.1, -0.05) is 18.2 Å². The molecule has 2 N–H and O–H groups in total. The molecule has 2 aliphatic rings. The molecule has 1 unspecified atom stereocenters. The normalized spacial score (nSPS) is 21.0. The topological polar surface area (TPSA) is 82.1 Å². The molecular weight excluding hydrogens is 354 g/mol. The molecule has 2 fully saturated rings. The zero-order valence-corrected chi connectivity index (χ0v) is 15.5. The summed E-state index contributed by atoms with van der Waals surface area (Å²) in [5.74, 6) is -0.559. The van der Waals surface area contributed by atoms with Gasteiger partial charge in [0, 0.05) is 51.2 Å². The van der Waals surface area contributed by atoms with Crippen molar-refractivity contribution in [2.24, 2.45) is 0 Å². The molecule has 0 saturated carbocycles. The largest absolute Gasteiger partial charge is 0.381 e. The lowest BCUT2D eigenvalue weighted by molar-refractivity contribution is -0.124. The molecule has 1 aromatic rings. The SMILES string of the molecule is O=C(/C=C/c1ccccc1N1CCN(S(=O)C2CCOCC2)CC1)NO. The second-order valence-electron chi connectivity index (χ2n) is 6.37. The van der Waals surface area contributed by atoms with Crippen LogP contribution in [-0.4, -0.2) is 64.3 Å². The van der Waals surface area contributed by atoms with Crippen LogP contribution in [0.1, 0.15) is 18.4 Å². The molecule has 7 nitrogen and oxygen atoms in total. The van der Waals surface area contributed by atoms with Crippen LogP contribution in [0.4, 0.5) is 5.69 Å². The van der Waals surface area contributed by atoms with Gasteiger partial charge < -0.3 is 9.64 Å². The van der Waals surface area contributed by atoms with Crippen LogP contribution in [0, 0.1) is 0 Å². The highest BCUT2D eigenvalue weighted by Crippen LogP contribution is 2.24. The zero-order chi connectivity index (χ0) is 18.4. The minimum atomic E-state index is -0.948. The van der Waals surface area contributed by atoms with Gasteiger partial charge in [-0.05, 0) is 30.5 Å². The Kier molecular flexibility index (Phi) is 6.79. The fraction of sp³-hybridized carbons (Fsp3) is 0.500. The highest BCUT2D eigenvalue weighted by molar-refractivity contribution is 7.83. The van der Waals surface area contributed by atoms with Crippen LogP contribution in [0.3, 0.4) is 0 Å². The Morgan fingerprint density at radius 2 is 1.88 bits per heavy atom. The van der Waals surface area contributed by atoms with Crippen molar-refractivity contribution in [1.82, 2.24) is 9.79 Å². The molecule has 2 saturated heterocycles. The summed E-state index contributed by atoms with van der Waals surface area (Å²) in [6, 6.07) is 7.83. The Morgan fingerprint density at radius 3 is 2.58 bits per heavy atom. The molecule has 26 heavy (non-hydrogen) atoms. The van der Waals surface area contributed by atoms with E-state index in [4.69, 9.17) is 9.94 Å². The Labute approximate surface area is 156 Å². The average molecular weight is 379 g/mol. The number of rotatable bonds is 5. The molecule has 0 radical (unpaired) electrons. The predicted octanol–water partition coefficient (Wildman–Crippen LogP) is 1.17. The molecule has 0 aliphatic carbocycles. The van der Waals surface area contributed by atoms with Crippen LogP contribution in [0.25, 0.3) is 6.08 Å². The number of hydrogen-bond donors (Lipinski definition) is 2. The van der Waals surface area contributed by atoms with E-state index in [9.17, 15) is 9.00 Å². The van der Waals surface area contributed by atoms with Gasteiger partial charge in [-0.15, -0.1) is 0 Å². The predicted molar refractivity (Wildman–Crippen MR) is 101 cm³/mol. The van der Waals surface area contributed by atoms with E-state index in [-0.39, 0.29) is 5.25 Å². The summed E-state index contributed by atoms with van der Waals surface area (Å²) < 4.78 is 20.2. The summed E-state index contributed by atoms with van der Waals surface area (Å²) in [4.78, 5) is 13.5. The molecule has 0 spiro atoms. The third kappa shape index (κ3) is 4.70. The van der Waals surface area contributed by atoms with Crippen molar-refractivity contribution in [3.63, 3.8) is 0 Å². The van der Waals surface area contributed by atoms with Gasteiger partial charge in [0.05, 0.1) is 16.2 Å². The molecule has 0 aromatic heterocycles. The second kappa shape index (κ2) is 9.27. The Hall–Kier alpha value is -1.74. The van der Waals surface area contributed by atoms with Crippen molar-refractivity contribution >= 4 is 28.7 Å². The number of benzene rings is 1. The number of piperazine rings is 1. The highest BCUT2D eigenvalue weighted by Gasteiger charge is 2.28. The van der Waals surface area contributed by atoms with Crippen LogP contribution < -0.4 is 10.4 Å². The average Bonchev–Trinajstić information content (AvgIpc) is 2.72. The third-order valence-corrected chi connectivity index (χ3v) is 6.66. The molecule has 1 amide bonds. The summed E-state index contributed by atoms with van der Waals surface area (Å²) in [7, 11) is -0.948. The number of anilines is 1. The lowest BCUT2D eigenvalue weighted by atomic mass is 10.1. The van der Waals surface area contributed by atoms with Gasteiger partial charge in [0.15, 0.2) is 0 Å². The van der Waals surface area contributed by atoms with Crippen LogP contribution in [0.5, 0.6) is 0 Å². The van der Waals surface area contributed by atoms with Gasteiger partial charge in [0.25, 0.3) is 5.91 Å². The van der Waals surface area contributed by atoms with E-state index in [1.165, 1.54) is 6.08 Å². The maximum Gasteiger partial charge on any atom is 0.267 e. The van der Waals surface area contributed by atoms with E-state index in [1.54, 1.807) is 11.6 Å². The fourth-order valence-electron chi connectivity index (χ4n) is 3.32. The molecule has 3 rings (SSSR count). The molecular formula is C18H25N3O4S.